The van der Waals surface area contributed by atoms with Gasteiger partial charge in [-0.2, -0.15) is 0 Å². The molecule has 0 spiro atoms. The number of H-pyrrole nitrogens is 1. The predicted molar refractivity (Wildman–Crippen MR) is 106 cm³/mol. The molecule has 3 aromatic rings. The average molecular weight is 353 g/mol. The number of hydroxylamine groups is 1. The number of hydrogen-bond acceptors (Lipinski definition) is 4. The summed E-state index contributed by atoms with van der Waals surface area (Å²) >= 11 is 4.56. The van der Waals surface area contributed by atoms with Gasteiger partial charge in [-0.1, -0.05) is 54.6 Å². The third-order valence-corrected chi connectivity index (χ3v) is 4.55. The first-order valence-corrected chi connectivity index (χ1v) is 8.84. The van der Waals surface area contributed by atoms with Crippen molar-refractivity contribution in [2.45, 2.75) is 18.0 Å². The first kappa shape index (κ1) is 17.8. The van der Waals surface area contributed by atoms with Crippen molar-refractivity contribution in [3.63, 3.8) is 0 Å². The Morgan fingerprint density at radius 1 is 1.08 bits per heavy atom. The van der Waals surface area contributed by atoms with Gasteiger partial charge in [-0.05, 0) is 35.7 Å². The Balaban J connectivity index is 1.50. The van der Waals surface area contributed by atoms with Crippen molar-refractivity contribution < 1.29 is 5.21 Å². The van der Waals surface area contributed by atoms with Crippen LogP contribution in [-0.4, -0.2) is 23.3 Å². The van der Waals surface area contributed by atoms with E-state index in [9.17, 15) is 0 Å². The maximum absolute atomic E-state index is 8.54. The van der Waals surface area contributed by atoms with E-state index in [0.717, 1.165) is 35.6 Å². The Hall–Kier alpha value is -2.05. The minimum atomic E-state index is 0.449. The van der Waals surface area contributed by atoms with Gasteiger partial charge in [0.05, 0.1) is 5.03 Å². The van der Waals surface area contributed by atoms with Crippen molar-refractivity contribution in [3.8, 4) is 0 Å². The molecule has 1 aromatic heterocycles. The standard InChI is InChI=1S/C20H23N3OS/c24-22-12-3-4-15-7-9-16(10-8-15)14-21-13-11-18-17-5-1-2-6-19(17)23-20(18)25/h1-10,21-25H,11-14H2/b4-3+. The molecule has 0 bridgehead atoms. The SMILES string of the molecule is ONC/C=C/c1ccc(CNCCc2c(S)[nH]c3ccccc23)cc1. The lowest BCUT2D eigenvalue weighted by Gasteiger charge is -2.06. The van der Waals surface area contributed by atoms with E-state index in [4.69, 9.17) is 5.21 Å². The van der Waals surface area contributed by atoms with Crippen LogP contribution in [0.25, 0.3) is 17.0 Å². The largest absolute Gasteiger partial charge is 0.350 e. The molecule has 0 fully saturated rings. The third kappa shape index (κ3) is 4.74. The van der Waals surface area contributed by atoms with E-state index in [1.54, 1.807) is 0 Å². The summed E-state index contributed by atoms with van der Waals surface area (Å²) < 4.78 is 0. The van der Waals surface area contributed by atoms with E-state index < -0.39 is 0 Å². The van der Waals surface area contributed by atoms with Crippen molar-refractivity contribution >= 4 is 29.6 Å². The summed E-state index contributed by atoms with van der Waals surface area (Å²) in [4.78, 5) is 3.32. The molecule has 0 atom stereocenters. The highest BCUT2D eigenvalue weighted by Gasteiger charge is 2.07. The lowest BCUT2D eigenvalue weighted by Crippen LogP contribution is -2.16. The Labute approximate surface area is 153 Å². The number of benzene rings is 2. The summed E-state index contributed by atoms with van der Waals surface area (Å²) in [6.45, 7) is 2.19. The van der Waals surface area contributed by atoms with Crippen molar-refractivity contribution in [1.82, 2.24) is 15.8 Å². The molecule has 130 valence electrons. The second-order valence-electron chi connectivity index (χ2n) is 5.93. The van der Waals surface area contributed by atoms with Gasteiger partial charge in [0.2, 0.25) is 0 Å². The van der Waals surface area contributed by atoms with Gasteiger partial charge in [0.25, 0.3) is 0 Å². The maximum atomic E-state index is 8.54. The molecule has 1 heterocycles. The van der Waals surface area contributed by atoms with Crippen LogP contribution in [0.4, 0.5) is 0 Å². The zero-order chi connectivity index (χ0) is 17.5. The first-order chi connectivity index (χ1) is 12.3. The fraction of sp³-hybridized carbons (Fsp3) is 0.200. The van der Waals surface area contributed by atoms with E-state index in [2.05, 4.69) is 70.9 Å². The molecule has 25 heavy (non-hydrogen) atoms. The first-order valence-electron chi connectivity index (χ1n) is 8.39. The summed E-state index contributed by atoms with van der Waals surface area (Å²) in [6, 6.07) is 16.7. The predicted octanol–water partition coefficient (Wildman–Crippen LogP) is 3.78. The number of aromatic amines is 1. The van der Waals surface area contributed by atoms with Crippen molar-refractivity contribution in [1.29, 1.82) is 0 Å². The molecule has 0 radical (unpaired) electrons. The molecular formula is C20H23N3OS. The van der Waals surface area contributed by atoms with Gasteiger partial charge >= 0.3 is 0 Å². The van der Waals surface area contributed by atoms with Gasteiger partial charge in [0.1, 0.15) is 0 Å². The van der Waals surface area contributed by atoms with Crippen LogP contribution < -0.4 is 10.8 Å². The van der Waals surface area contributed by atoms with Crippen LogP contribution in [0.3, 0.4) is 0 Å². The third-order valence-electron chi connectivity index (χ3n) is 4.17. The lowest BCUT2D eigenvalue weighted by molar-refractivity contribution is 0.180. The maximum Gasteiger partial charge on any atom is 0.0734 e. The van der Waals surface area contributed by atoms with Crippen LogP contribution in [0.2, 0.25) is 0 Å². The van der Waals surface area contributed by atoms with Crippen LogP contribution in [0, 0.1) is 0 Å². The van der Waals surface area contributed by atoms with Gasteiger partial charge in [-0.15, -0.1) is 12.6 Å². The fourth-order valence-corrected chi connectivity index (χ4v) is 3.23. The minimum absolute atomic E-state index is 0.449. The van der Waals surface area contributed by atoms with Crippen LogP contribution in [0.1, 0.15) is 16.7 Å². The van der Waals surface area contributed by atoms with E-state index >= 15 is 0 Å². The Morgan fingerprint density at radius 2 is 1.88 bits per heavy atom. The second kappa shape index (κ2) is 8.87. The fourth-order valence-electron chi connectivity index (χ4n) is 2.88. The molecule has 0 aliphatic rings. The van der Waals surface area contributed by atoms with E-state index in [-0.39, 0.29) is 0 Å². The van der Waals surface area contributed by atoms with Gasteiger partial charge < -0.3 is 15.5 Å². The molecule has 5 heteroatoms. The molecule has 0 aliphatic heterocycles. The summed E-state index contributed by atoms with van der Waals surface area (Å²) in [6.07, 6.45) is 4.80. The quantitative estimate of drug-likeness (QED) is 0.243. The normalized spacial score (nSPS) is 11.6. The number of hydrogen-bond donors (Lipinski definition) is 5. The van der Waals surface area contributed by atoms with Gasteiger partial charge in [0, 0.05) is 24.0 Å². The number of nitrogens with one attached hydrogen (secondary N) is 3. The van der Waals surface area contributed by atoms with Crippen LogP contribution in [-0.2, 0) is 13.0 Å². The van der Waals surface area contributed by atoms with Crippen molar-refractivity contribution in [2.24, 2.45) is 0 Å². The van der Waals surface area contributed by atoms with E-state index in [1.165, 1.54) is 16.5 Å². The molecule has 4 nitrogen and oxygen atoms in total. The Morgan fingerprint density at radius 3 is 2.68 bits per heavy atom. The number of aromatic nitrogens is 1. The van der Waals surface area contributed by atoms with Gasteiger partial charge in [-0.25, -0.2) is 5.48 Å². The molecule has 0 saturated carbocycles. The average Bonchev–Trinajstić information content (AvgIpc) is 2.95. The minimum Gasteiger partial charge on any atom is -0.350 e. The summed E-state index contributed by atoms with van der Waals surface area (Å²) in [5.41, 5.74) is 6.89. The number of fused-ring (bicyclic) bond motifs is 1. The monoisotopic (exact) mass is 353 g/mol. The number of thiol groups is 1. The highest BCUT2D eigenvalue weighted by atomic mass is 32.1. The zero-order valence-corrected chi connectivity index (χ0v) is 14.9. The Bertz CT molecular complexity index is 840. The number of para-hydroxylation sites is 1. The van der Waals surface area contributed by atoms with E-state index in [0.29, 0.717) is 6.54 Å². The molecular weight excluding hydrogens is 330 g/mol. The smallest absolute Gasteiger partial charge is 0.0734 e. The van der Waals surface area contributed by atoms with Crippen molar-refractivity contribution in [3.05, 3.63) is 71.3 Å². The van der Waals surface area contributed by atoms with Crippen LogP contribution >= 0.6 is 12.6 Å². The van der Waals surface area contributed by atoms with Gasteiger partial charge in [-0.3, -0.25) is 0 Å². The number of rotatable bonds is 8. The molecule has 2 aromatic carbocycles. The second-order valence-corrected chi connectivity index (χ2v) is 6.38. The highest BCUT2D eigenvalue weighted by molar-refractivity contribution is 7.80. The van der Waals surface area contributed by atoms with Crippen LogP contribution in [0.15, 0.2) is 59.6 Å². The van der Waals surface area contributed by atoms with Crippen molar-refractivity contribution in [2.75, 3.05) is 13.1 Å². The summed E-state index contributed by atoms with van der Waals surface area (Å²) in [5, 5.41) is 14.2. The molecule has 0 amide bonds. The summed E-state index contributed by atoms with van der Waals surface area (Å²) in [7, 11) is 0. The van der Waals surface area contributed by atoms with Crippen LogP contribution in [0.5, 0.6) is 0 Å². The Kier molecular flexibility index (Phi) is 6.30. The molecule has 0 aliphatic carbocycles. The highest BCUT2D eigenvalue weighted by Crippen LogP contribution is 2.24. The topological polar surface area (TPSA) is 60.1 Å². The van der Waals surface area contributed by atoms with E-state index in [1.807, 2.05) is 18.2 Å². The molecule has 4 N–H and O–H groups in total. The molecule has 3 rings (SSSR count). The lowest BCUT2D eigenvalue weighted by atomic mass is 10.1. The molecule has 0 unspecified atom stereocenters. The molecule has 0 saturated heterocycles. The summed E-state index contributed by atoms with van der Waals surface area (Å²) in [5.74, 6) is 0. The van der Waals surface area contributed by atoms with Gasteiger partial charge in [0.15, 0.2) is 0 Å². The zero-order valence-electron chi connectivity index (χ0n) is 14.0.